The summed E-state index contributed by atoms with van der Waals surface area (Å²) >= 11 is 0. The molecule has 0 bridgehead atoms. The summed E-state index contributed by atoms with van der Waals surface area (Å²) in [6, 6.07) is 3.53. The molecule has 1 aromatic carbocycles. The van der Waals surface area contributed by atoms with Crippen molar-refractivity contribution in [2.75, 3.05) is 17.8 Å². The SMILES string of the molecule is CC(CS(C)=O)NC1CCS(=O)(=O)c2ccc(F)cc21. The first-order chi connectivity index (χ1) is 9.29. The zero-order valence-corrected chi connectivity index (χ0v) is 13.1. The fourth-order valence-corrected chi connectivity index (χ4v) is 4.93. The van der Waals surface area contributed by atoms with Gasteiger partial charge in [0, 0.05) is 34.9 Å². The minimum absolute atomic E-state index is 0.0252. The van der Waals surface area contributed by atoms with Gasteiger partial charge in [-0.1, -0.05) is 0 Å². The van der Waals surface area contributed by atoms with Crippen LogP contribution >= 0.6 is 0 Å². The van der Waals surface area contributed by atoms with Crippen LogP contribution in [0.15, 0.2) is 23.1 Å². The van der Waals surface area contributed by atoms with Crippen molar-refractivity contribution in [1.82, 2.24) is 5.32 Å². The van der Waals surface area contributed by atoms with Gasteiger partial charge in [0.25, 0.3) is 0 Å². The molecule has 3 unspecified atom stereocenters. The highest BCUT2D eigenvalue weighted by Gasteiger charge is 2.31. The van der Waals surface area contributed by atoms with Gasteiger partial charge in [0.2, 0.25) is 0 Å². The Bertz CT molecular complexity index is 631. The summed E-state index contributed by atoms with van der Waals surface area (Å²) in [4.78, 5) is 0.201. The summed E-state index contributed by atoms with van der Waals surface area (Å²) in [6.45, 7) is 1.89. The molecule has 0 spiro atoms. The highest BCUT2D eigenvalue weighted by Crippen LogP contribution is 2.32. The summed E-state index contributed by atoms with van der Waals surface area (Å²) in [7, 11) is -4.25. The molecule has 0 saturated heterocycles. The van der Waals surface area contributed by atoms with Crippen LogP contribution in [0.3, 0.4) is 0 Å². The highest BCUT2D eigenvalue weighted by molar-refractivity contribution is 7.91. The Labute approximate surface area is 121 Å². The zero-order valence-electron chi connectivity index (χ0n) is 11.4. The third-order valence-electron chi connectivity index (χ3n) is 3.33. The van der Waals surface area contributed by atoms with E-state index in [1.54, 1.807) is 6.26 Å². The van der Waals surface area contributed by atoms with Gasteiger partial charge in [-0.05, 0) is 37.1 Å². The molecular weight excluding hydrogens is 301 g/mol. The lowest BCUT2D eigenvalue weighted by molar-refractivity contribution is 0.449. The number of hydrogen-bond acceptors (Lipinski definition) is 4. The molecule has 112 valence electrons. The van der Waals surface area contributed by atoms with Crippen LogP contribution in [-0.2, 0) is 20.6 Å². The van der Waals surface area contributed by atoms with Crippen LogP contribution in [0.5, 0.6) is 0 Å². The quantitative estimate of drug-likeness (QED) is 0.852. The van der Waals surface area contributed by atoms with Crippen LogP contribution in [0.25, 0.3) is 0 Å². The van der Waals surface area contributed by atoms with E-state index in [1.807, 2.05) is 6.92 Å². The molecule has 0 aromatic heterocycles. The monoisotopic (exact) mass is 319 g/mol. The molecule has 20 heavy (non-hydrogen) atoms. The molecule has 4 nitrogen and oxygen atoms in total. The third-order valence-corrected chi connectivity index (χ3v) is 6.11. The first-order valence-electron chi connectivity index (χ1n) is 6.38. The normalized spacial score (nSPS) is 23.9. The molecule has 0 saturated carbocycles. The molecule has 0 amide bonds. The van der Waals surface area contributed by atoms with Gasteiger partial charge in [-0.15, -0.1) is 0 Å². The minimum Gasteiger partial charge on any atom is -0.306 e. The Morgan fingerprint density at radius 2 is 2.20 bits per heavy atom. The molecular formula is C13H18FNO3S2. The van der Waals surface area contributed by atoms with Crippen molar-refractivity contribution in [2.24, 2.45) is 0 Å². The van der Waals surface area contributed by atoms with Gasteiger partial charge >= 0.3 is 0 Å². The second kappa shape index (κ2) is 5.91. The van der Waals surface area contributed by atoms with Gasteiger partial charge in [-0.3, -0.25) is 4.21 Å². The maximum atomic E-state index is 13.4. The maximum Gasteiger partial charge on any atom is 0.178 e. The van der Waals surface area contributed by atoms with E-state index in [2.05, 4.69) is 5.32 Å². The zero-order chi connectivity index (χ0) is 14.9. The van der Waals surface area contributed by atoms with E-state index in [0.717, 1.165) is 0 Å². The van der Waals surface area contributed by atoms with Gasteiger partial charge in [-0.25, -0.2) is 12.8 Å². The van der Waals surface area contributed by atoms with E-state index in [1.165, 1.54) is 18.2 Å². The van der Waals surface area contributed by atoms with Crippen LogP contribution in [0.4, 0.5) is 4.39 Å². The summed E-state index contributed by atoms with van der Waals surface area (Å²) < 4.78 is 48.6. The van der Waals surface area contributed by atoms with Gasteiger partial charge < -0.3 is 5.32 Å². The largest absolute Gasteiger partial charge is 0.306 e. The predicted molar refractivity (Wildman–Crippen MR) is 77.3 cm³/mol. The Morgan fingerprint density at radius 1 is 1.50 bits per heavy atom. The van der Waals surface area contributed by atoms with Crippen LogP contribution in [0.1, 0.15) is 24.9 Å². The first-order valence-corrected chi connectivity index (χ1v) is 9.76. The van der Waals surface area contributed by atoms with Gasteiger partial charge in [-0.2, -0.15) is 0 Å². The van der Waals surface area contributed by atoms with E-state index in [0.29, 0.717) is 17.7 Å². The fraction of sp³-hybridized carbons (Fsp3) is 0.538. The van der Waals surface area contributed by atoms with E-state index in [9.17, 15) is 17.0 Å². The van der Waals surface area contributed by atoms with E-state index >= 15 is 0 Å². The highest BCUT2D eigenvalue weighted by atomic mass is 32.2. The van der Waals surface area contributed by atoms with Crippen LogP contribution in [-0.4, -0.2) is 36.4 Å². The van der Waals surface area contributed by atoms with Crippen LogP contribution in [0.2, 0.25) is 0 Å². The Morgan fingerprint density at radius 3 is 2.85 bits per heavy atom. The predicted octanol–water partition coefficient (Wildman–Crippen LogP) is 1.40. The molecule has 0 aliphatic carbocycles. The van der Waals surface area contributed by atoms with Crippen molar-refractivity contribution in [3.8, 4) is 0 Å². The van der Waals surface area contributed by atoms with Crippen LogP contribution in [0, 0.1) is 5.82 Å². The third kappa shape index (κ3) is 3.45. The molecule has 7 heteroatoms. The van der Waals surface area contributed by atoms with Crippen molar-refractivity contribution >= 4 is 20.6 Å². The second-order valence-corrected chi connectivity index (χ2v) is 8.71. The Balaban J connectivity index is 2.30. The summed E-state index contributed by atoms with van der Waals surface area (Å²) in [5.41, 5.74) is 0.477. The van der Waals surface area contributed by atoms with E-state index in [-0.39, 0.29) is 22.7 Å². The van der Waals surface area contributed by atoms with Gasteiger partial charge in [0.15, 0.2) is 9.84 Å². The van der Waals surface area contributed by atoms with E-state index in [4.69, 9.17) is 0 Å². The molecule has 0 radical (unpaired) electrons. The average molecular weight is 319 g/mol. The first kappa shape index (κ1) is 15.6. The summed E-state index contributed by atoms with van der Waals surface area (Å²) in [5, 5.41) is 3.25. The number of sulfone groups is 1. The lowest BCUT2D eigenvalue weighted by Gasteiger charge is -2.29. The van der Waals surface area contributed by atoms with Crippen molar-refractivity contribution in [1.29, 1.82) is 0 Å². The number of rotatable bonds is 4. The van der Waals surface area contributed by atoms with Gasteiger partial charge in [0.1, 0.15) is 5.82 Å². The van der Waals surface area contributed by atoms with Crippen molar-refractivity contribution in [3.63, 3.8) is 0 Å². The molecule has 3 atom stereocenters. The number of benzene rings is 1. The summed E-state index contributed by atoms with van der Waals surface area (Å²) in [5.74, 6) is 0.0819. The van der Waals surface area contributed by atoms with E-state index < -0.39 is 26.5 Å². The topological polar surface area (TPSA) is 63.2 Å². The standard InChI is InChI=1S/C13H18FNO3S2/c1-9(8-19(2)16)15-12-5-6-20(17,18)13-4-3-10(14)7-11(12)13/h3-4,7,9,12,15H,5-6,8H2,1-2H3. The molecule has 1 aromatic rings. The molecule has 1 N–H and O–H groups in total. The lowest BCUT2D eigenvalue weighted by Crippen LogP contribution is -2.38. The fourth-order valence-electron chi connectivity index (χ4n) is 2.53. The second-order valence-electron chi connectivity index (χ2n) is 5.15. The summed E-state index contributed by atoms with van der Waals surface area (Å²) in [6.07, 6.45) is 2.02. The maximum absolute atomic E-state index is 13.4. The van der Waals surface area contributed by atoms with Crippen LogP contribution < -0.4 is 5.32 Å². The number of halogens is 1. The van der Waals surface area contributed by atoms with Gasteiger partial charge in [0.05, 0.1) is 10.6 Å². The number of nitrogens with one attached hydrogen (secondary N) is 1. The van der Waals surface area contributed by atoms with Crippen molar-refractivity contribution < 1.29 is 17.0 Å². The molecule has 1 aliphatic rings. The number of hydrogen-bond donors (Lipinski definition) is 1. The Hall–Kier alpha value is -0.790. The smallest absolute Gasteiger partial charge is 0.178 e. The Kier molecular flexibility index (Phi) is 4.61. The average Bonchev–Trinajstić information content (AvgIpc) is 2.31. The van der Waals surface area contributed by atoms with Crippen molar-refractivity contribution in [2.45, 2.75) is 30.3 Å². The minimum atomic E-state index is -3.32. The molecule has 1 heterocycles. The molecule has 2 rings (SSSR count). The van der Waals surface area contributed by atoms with Crippen molar-refractivity contribution in [3.05, 3.63) is 29.6 Å². The molecule has 1 aliphatic heterocycles. The molecule has 0 fully saturated rings. The lowest BCUT2D eigenvalue weighted by atomic mass is 10.0. The number of fused-ring (bicyclic) bond motifs is 1.